The largest absolute Gasteiger partial charge is 0.279 e. The second-order valence-electron chi connectivity index (χ2n) is 6.37. The van der Waals surface area contributed by atoms with Crippen LogP contribution in [0, 0.1) is 6.92 Å². The monoisotopic (exact) mass is 393 g/mol. The molecule has 0 fully saturated rings. The van der Waals surface area contributed by atoms with Gasteiger partial charge in [0.25, 0.3) is 5.56 Å². The lowest BCUT2D eigenvalue weighted by Gasteiger charge is -2.08. The van der Waals surface area contributed by atoms with E-state index in [0.29, 0.717) is 16.9 Å². The first-order valence-corrected chi connectivity index (χ1v) is 10.2. The van der Waals surface area contributed by atoms with Gasteiger partial charge in [0.1, 0.15) is 5.82 Å². The number of rotatable bonds is 3. The predicted octanol–water partition coefficient (Wildman–Crippen LogP) is 3.79. The Bertz CT molecular complexity index is 1350. The van der Waals surface area contributed by atoms with Crippen molar-refractivity contribution in [2.24, 2.45) is 7.05 Å². The first kappa shape index (κ1) is 16.5. The number of benzene rings is 2. The van der Waals surface area contributed by atoms with E-state index in [4.69, 9.17) is 0 Å². The molecule has 0 unspecified atom stereocenters. The Morgan fingerprint density at radius 2 is 2.00 bits per heavy atom. The number of aromatic nitrogens is 5. The average Bonchev–Trinajstić information content (AvgIpc) is 3.28. The summed E-state index contributed by atoms with van der Waals surface area (Å²) in [6, 6.07) is 14.0. The van der Waals surface area contributed by atoms with Crippen LogP contribution in [0.2, 0.25) is 0 Å². The van der Waals surface area contributed by atoms with E-state index in [9.17, 15) is 4.79 Å². The quantitative estimate of drug-likeness (QED) is 0.436. The highest BCUT2D eigenvalue weighted by Crippen LogP contribution is 2.31. The normalized spacial score (nSPS) is 11.8. The van der Waals surface area contributed by atoms with Crippen LogP contribution in [-0.2, 0) is 12.8 Å². The molecule has 0 N–H and O–H groups in total. The van der Waals surface area contributed by atoms with Crippen molar-refractivity contribution in [3.05, 3.63) is 64.2 Å². The number of fused-ring (bicyclic) bond motifs is 4. The first-order valence-electron chi connectivity index (χ1n) is 8.43. The van der Waals surface area contributed by atoms with Crippen LogP contribution in [0.4, 0.5) is 0 Å². The molecule has 3 heterocycles. The van der Waals surface area contributed by atoms with Crippen molar-refractivity contribution in [1.82, 2.24) is 24.1 Å². The molecule has 5 rings (SSSR count). The SMILES string of the molecule is Cc1ccc2c(c1)c(=O)n(C)c1nnc(CSc3nc4ccccc4s3)n21. The summed E-state index contributed by atoms with van der Waals surface area (Å²) in [6.07, 6.45) is 0. The van der Waals surface area contributed by atoms with Crippen molar-refractivity contribution >= 4 is 50.0 Å². The van der Waals surface area contributed by atoms with E-state index in [1.807, 2.05) is 47.7 Å². The summed E-state index contributed by atoms with van der Waals surface area (Å²) in [5.41, 5.74) is 2.85. The van der Waals surface area contributed by atoms with E-state index in [-0.39, 0.29) is 5.56 Å². The van der Waals surface area contributed by atoms with E-state index in [1.165, 1.54) is 4.70 Å². The summed E-state index contributed by atoms with van der Waals surface area (Å²) in [6.45, 7) is 1.99. The van der Waals surface area contributed by atoms with Gasteiger partial charge in [0.05, 0.1) is 26.9 Å². The molecule has 0 aliphatic heterocycles. The zero-order chi connectivity index (χ0) is 18.5. The summed E-state index contributed by atoms with van der Waals surface area (Å²) in [7, 11) is 1.73. The number of nitrogens with zero attached hydrogens (tertiary/aromatic N) is 5. The molecule has 0 bridgehead atoms. The lowest BCUT2D eigenvalue weighted by atomic mass is 10.1. The Morgan fingerprint density at radius 1 is 1.15 bits per heavy atom. The third-order valence-corrected chi connectivity index (χ3v) is 6.72. The summed E-state index contributed by atoms with van der Waals surface area (Å²) >= 11 is 3.31. The lowest BCUT2D eigenvalue weighted by Crippen LogP contribution is -2.20. The van der Waals surface area contributed by atoms with Gasteiger partial charge in [0.15, 0.2) is 4.34 Å². The Balaban J connectivity index is 1.61. The molecule has 8 heteroatoms. The van der Waals surface area contributed by atoms with Crippen LogP contribution in [0.3, 0.4) is 0 Å². The third-order valence-electron chi connectivity index (χ3n) is 4.54. The van der Waals surface area contributed by atoms with E-state index in [0.717, 1.165) is 26.8 Å². The van der Waals surface area contributed by atoms with Crippen LogP contribution in [0.1, 0.15) is 11.4 Å². The maximum atomic E-state index is 12.7. The maximum Gasteiger partial charge on any atom is 0.262 e. The molecular formula is C19H15N5OS2. The van der Waals surface area contributed by atoms with E-state index in [2.05, 4.69) is 21.2 Å². The van der Waals surface area contributed by atoms with Crippen LogP contribution < -0.4 is 5.56 Å². The van der Waals surface area contributed by atoms with Crippen LogP contribution in [0.15, 0.2) is 51.6 Å². The maximum absolute atomic E-state index is 12.7. The summed E-state index contributed by atoms with van der Waals surface area (Å²) in [5, 5.41) is 9.28. The fourth-order valence-corrected chi connectivity index (χ4v) is 5.17. The van der Waals surface area contributed by atoms with Crippen molar-refractivity contribution in [2.45, 2.75) is 17.0 Å². The zero-order valence-electron chi connectivity index (χ0n) is 14.7. The topological polar surface area (TPSA) is 65.1 Å². The van der Waals surface area contributed by atoms with Gasteiger partial charge >= 0.3 is 0 Å². The highest BCUT2D eigenvalue weighted by molar-refractivity contribution is 8.00. The van der Waals surface area contributed by atoms with Crippen LogP contribution >= 0.6 is 23.1 Å². The molecule has 134 valence electrons. The van der Waals surface area contributed by atoms with Gasteiger partial charge in [-0.25, -0.2) is 4.98 Å². The van der Waals surface area contributed by atoms with Crippen molar-refractivity contribution in [2.75, 3.05) is 0 Å². The van der Waals surface area contributed by atoms with E-state index in [1.54, 1.807) is 34.7 Å². The zero-order valence-corrected chi connectivity index (χ0v) is 16.3. The third kappa shape index (κ3) is 2.64. The number of hydrogen-bond donors (Lipinski definition) is 0. The van der Waals surface area contributed by atoms with Gasteiger partial charge in [-0.15, -0.1) is 21.5 Å². The molecule has 0 aliphatic carbocycles. The molecule has 0 amide bonds. The molecule has 0 aliphatic rings. The van der Waals surface area contributed by atoms with Gasteiger partial charge in [-0.2, -0.15) is 0 Å². The number of para-hydroxylation sites is 1. The van der Waals surface area contributed by atoms with Gasteiger partial charge < -0.3 is 0 Å². The fourth-order valence-electron chi connectivity index (χ4n) is 3.19. The molecule has 3 aromatic heterocycles. The van der Waals surface area contributed by atoms with E-state index >= 15 is 0 Å². The van der Waals surface area contributed by atoms with Crippen molar-refractivity contribution in [3.63, 3.8) is 0 Å². The van der Waals surface area contributed by atoms with Gasteiger partial charge in [-0.1, -0.05) is 35.5 Å². The molecule has 27 heavy (non-hydrogen) atoms. The van der Waals surface area contributed by atoms with Crippen molar-refractivity contribution < 1.29 is 0 Å². The smallest absolute Gasteiger partial charge is 0.262 e. The van der Waals surface area contributed by atoms with Gasteiger partial charge in [-0.3, -0.25) is 13.8 Å². The number of aryl methyl sites for hydroxylation is 2. The molecule has 0 saturated heterocycles. The molecule has 2 aromatic carbocycles. The minimum absolute atomic E-state index is 0.0565. The second kappa shape index (κ2) is 6.17. The minimum atomic E-state index is -0.0565. The molecule has 6 nitrogen and oxygen atoms in total. The Hall–Kier alpha value is -2.71. The first-order chi connectivity index (χ1) is 13.1. The number of hydrogen-bond acceptors (Lipinski definition) is 6. The molecule has 0 saturated carbocycles. The summed E-state index contributed by atoms with van der Waals surface area (Å²) in [4.78, 5) is 17.3. The standard InChI is InChI=1S/C19H15N5OS2/c1-11-7-8-14-12(9-11)17(25)23(2)18-22-21-16(24(14)18)10-26-19-20-13-5-3-4-6-15(13)27-19/h3-9H,10H2,1-2H3. The number of thioether (sulfide) groups is 1. The van der Waals surface area contributed by atoms with Gasteiger partial charge in [0, 0.05) is 7.05 Å². The van der Waals surface area contributed by atoms with Crippen molar-refractivity contribution in [3.8, 4) is 0 Å². The molecule has 0 radical (unpaired) electrons. The van der Waals surface area contributed by atoms with Gasteiger partial charge in [0.2, 0.25) is 5.78 Å². The number of thiazole rings is 1. The van der Waals surface area contributed by atoms with Crippen molar-refractivity contribution in [1.29, 1.82) is 0 Å². The van der Waals surface area contributed by atoms with Crippen LogP contribution in [0.25, 0.3) is 26.9 Å². The Kier molecular flexibility index (Phi) is 3.76. The second-order valence-corrected chi connectivity index (χ2v) is 8.63. The van der Waals surface area contributed by atoms with E-state index < -0.39 is 0 Å². The summed E-state index contributed by atoms with van der Waals surface area (Å²) in [5.74, 6) is 1.98. The molecule has 0 spiro atoms. The highest BCUT2D eigenvalue weighted by atomic mass is 32.2. The Labute approximate surface area is 162 Å². The van der Waals surface area contributed by atoms with Gasteiger partial charge in [-0.05, 0) is 31.2 Å². The minimum Gasteiger partial charge on any atom is -0.279 e. The molecule has 5 aromatic rings. The van der Waals surface area contributed by atoms with Crippen LogP contribution in [0.5, 0.6) is 0 Å². The Morgan fingerprint density at radius 3 is 2.85 bits per heavy atom. The molecule has 0 atom stereocenters. The fraction of sp³-hybridized carbons (Fsp3) is 0.158. The average molecular weight is 393 g/mol. The highest BCUT2D eigenvalue weighted by Gasteiger charge is 2.15. The predicted molar refractivity (Wildman–Crippen MR) is 110 cm³/mol. The molecular weight excluding hydrogens is 378 g/mol. The van der Waals surface area contributed by atoms with Crippen LogP contribution in [-0.4, -0.2) is 24.1 Å². The lowest BCUT2D eigenvalue weighted by molar-refractivity contribution is 0.857. The summed E-state index contributed by atoms with van der Waals surface area (Å²) < 4.78 is 5.70.